The van der Waals surface area contributed by atoms with E-state index in [-0.39, 0.29) is 31.1 Å². The summed E-state index contributed by atoms with van der Waals surface area (Å²) in [6.45, 7) is 6.33. The summed E-state index contributed by atoms with van der Waals surface area (Å²) in [5, 5.41) is 0. The number of allylic oxidation sites excluding steroid dienone is 20. The molecule has 0 bridgehead atoms. The molecule has 6 heteroatoms. The third kappa shape index (κ3) is 46.9. The van der Waals surface area contributed by atoms with E-state index >= 15 is 0 Å². The lowest BCUT2D eigenvalue weighted by molar-refractivity contribution is -0.167. The molecule has 6 nitrogen and oxygen atoms in total. The zero-order valence-electron chi connectivity index (χ0n) is 39.6. The van der Waals surface area contributed by atoms with E-state index in [0.29, 0.717) is 19.3 Å². The van der Waals surface area contributed by atoms with E-state index in [1.165, 1.54) is 44.9 Å². The van der Waals surface area contributed by atoms with Gasteiger partial charge in [0.25, 0.3) is 0 Å². The first-order chi connectivity index (χ1) is 30.5. The van der Waals surface area contributed by atoms with Crippen LogP contribution in [-0.4, -0.2) is 37.2 Å². The van der Waals surface area contributed by atoms with Crippen LogP contribution >= 0.6 is 0 Å². The minimum absolute atomic E-state index is 0.108. The van der Waals surface area contributed by atoms with Crippen LogP contribution in [0.1, 0.15) is 194 Å². The summed E-state index contributed by atoms with van der Waals surface area (Å²) in [4.78, 5) is 37.9. The zero-order chi connectivity index (χ0) is 45.1. The smallest absolute Gasteiger partial charge is 0.306 e. The van der Waals surface area contributed by atoms with Crippen LogP contribution in [0.5, 0.6) is 0 Å². The van der Waals surface area contributed by atoms with Gasteiger partial charge in [-0.1, -0.05) is 213 Å². The lowest BCUT2D eigenvalue weighted by Crippen LogP contribution is -2.30. The van der Waals surface area contributed by atoms with Gasteiger partial charge in [0.05, 0.1) is 0 Å². The van der Waals surface area contributed by atoms with Gasteiger partial charge in [-0.05, 0) is 83.5 Å². The van der Waals surface area contributed by atoms with Crippen LogP contribution in [0.2, 0.25) is 0 Å². The molecule has 0 amide bonds. The van der Waals surface area contributed by atoms with Crippen LogP contribution in [-0.2, 0) is 28.6 Å². The van der Waals surface area contributed by atoms with E-state index < -0.39 is 6.10 Å². The number of carbonyl (C=O) groups is 3. The highest BCUT2D eigenvalue weighted by atomic mass is 16.6. The average Bonchev–Trinajstić information content (AvgIpc) is 3.27. The quantitative estimate of drug-likeness (QED) is 0.0200. The van der Waals surface area contributed by atoms with Crippen LogP contribution in [0.15, 0.2) is 122 Å². The number of ether oxygens (including phenoxy) is 3. The van der Waals surface area contributed by atoms with Crippen molar-refractivity contribution in [3.8, 4) is 0 Å². The van der Waals surface area contributed by atoms with Crippen molar-refractivity contribution >= 4 is 17.9 Å². The van der Waals surface area contributed by atoms with E-state index in [0.717, 1.165) is 109 Å². The second-order valence-corrected chi connectivity index (χ2v) is 15.8. The van der Waals surface area contributed by atoms with Gasteiger partial charge in [-0.3, -0.25) is 14.4 Å². The molecular weight excluding hydrogens is 769 g/mol. The Labute approximate surface area is 380 Å². The molecule has 0 aliphatic rings. The van der Waals surface area contributed by atoms with Gasteiger partial charge in [0, 0.05) is 19.3 Å². The number of hydrogen-bond donors (Lipinski definition) is 0. The fourth-order valence-corrected chi connectivity index (χ4v) is 6.16. The summed E-state index contributed by atoms with van der Waals surface area (Å²) in [6.07, 6.45) is 67.4. The maximum atomic E-state index is 12.8. The van der Waals surface area contributed by atoms with Crippen molar-refractivity contribution < 1.29 is 28.6 Å². The first-order valence-electron chi connectivity index (χ1n) is 24.7. The van der Waals surface area contributed by atoms with Gasteiger partial charge in [0.1, 0.15) is 13.2 Å². The molecule has 0 saturated heterocycles. The van der Waals surface area contributed by atoms with Gasteiger partial charge in [-0.25, -0.2) is 0 Å². The molecule has 1 unspecified atom stereocenters. The van der Waals surface area contributed by atoms with Gasteiger partial charge in [-0.15, -0.1) is 0 Å². The summed E-state index contributed by atoms with van der Waals surface area (Å²) < 4.78 is 16.7. The highest BCUT2D eigenvalue weighted by molar-refractivity contribution is 5.71. The molecule has 0 heterocycles. The van der Waals surface area contributed by atoms with Crippen LogP contribution < -0.4 is 0 Å². The largest absolute Gasteiger partial charge is 0.462 e. The van der Waals surface area contributed by atoms with E-state index in [2.05, 4.69) is 69.4 Å². The minimum Gasteiger partial charge on any atom is -0.462 e. The van der Waals surface area contributed by atoms with Gasteiger partial charge < -0.3 is 14.2 Å². The molecule has 0 saturated carbocycles. The fourth-order valence-electron chi connectivity index (χ4n) is 6.16. The van der Waals surface area contributed by atoms with Crippen molar-refractivity contribution in [1.82, 2.24) is 0 Å². The molecule has 1 atom stereocenters. The predicted octanol–water partition coefficient (Wildman–Crippen LogP) is 16.1. The molecule has 0 aliphatic carbocycles. The third-order valence-corrected chi connectivity index (χ3v) is 9.89. The van der Waals surface area contributed by atoms with Crippen molar-refractivity contribution in [2.24, 2.45) is 0 Å². The lowest BCUT2D eigenvalue weighted by atomic mass is 10.1. The van der Waals surface area contributed by atoms with E-state index in [9.17, 15) is 14.4 Å². The van der Waals surface area contributed by atoms with E-state index in [1.807, 2.05) is 72.9 Å². The molecule has 0 rings (SSSR count). The second kappa shape index (κ2) is 49.5. The Morgan fingerprint density at radius 3 is 1.11 bits per heavy atom. The molecule has 62 heavy (non-hydrogen) atoms. The summed E-state index contributed by atoms with van der Waals surface area (Å²) in [5.41, 5.74) is 0. The number of rotatable bonds is 42. The second-order valence-electron chi connectivity index (χ2n) is 15.8. The van der Waals surface area contributed by atoms with Crippen LogP contribution in [0.3, 0.4) is 0 Å². The molecule has 0 aromatic rings. The van der Waals surface area contributed by atoms with Crippen molar-refractivity contribution in [3.05, 3.63) is 122 Å². The van der Waals surface area contributed by atoms with Crippen molar-refractivity contribution in [1.29, 1.82) is 0 Å². The summed E-state index contributed by atoms with van der Waals surface area (Å²) in [5.74, 6) is -0.989. The fraction of sp³-hybridized carbons (Fsp3) is 0.589. The summed E-state index contributed by atoms with van der Waals surface area (Å²) in [6, 6.07) is 0. The number of carbonyl (C=O) groups excluding carboxylic acids is 3. The third-order valence-electron chi connectivity index (χ3n) is 9.89. The Kier molecular flexibility index (Phi) is 46.1. The topological polar surface area (TPSA) is 78.9 Å². The van der Waals surface area contributed by atoms with Crippen molar-refractivity contribution in [3.63, 3.8) is 0 Å². The average molecular weight is 857 g/mol. The molecular formula is C56H88O6. The van der Waals surface area contributed by atoms with Gasteiger partial charge in [0.2, 0.25) is 0 Å². The van der Waals surface area contributed by atoms with Crippen molar-refractivity contribution in [2.45, 2.75) is 200 Å². The number of esters is 3. The first-order valence-corrected chi connectivity index (χ1v) is 24.7. The number of unbranched alkanes of at least 4 members (excludes halogenated alkanes) is 18. The minimum atomic E-state index is -0.810. The molecule has 0 aromatic carbocycles. The van der Waals surface area contributed by atoms with E-state index in [1.54, 1.807) is 0 Å². The Morgan fingerprint density at radius 1 is 0.339 bits per heavy atom. The molecule has 0 radical (unpaired) electrons. The van der Waals surface area contributed by atoms with Gasteiger partial charge in [-0.2, -0.15) is 0 Å². The molecule has 0 N–H and O–H groups in total. The van der Waals surface area contributed by atoms with E-state index in [4.69, 9.17) is 14.2 Å². The monoisotopic (exact) mass is 857 g/mol. The Morgan fingerprint density at radius 2 is 0.661 bits per heavy atom. The Bertz CT molecular complexity index is 1350. The van der Waals surface area contributed by atoms with Crippen molar-refractivity contribution in [2.75, 3.05) is 13.2 Å². The molecule has 348 valence electrons. The van der Waals surface area contributed by atoms with Crippen LogP contribution in [0, 0.1) is 0 Å². The molecule has 0 aromatic heterocycles. The maximum Gasteiger partial charge on any atom is 0.306 e. The number of hydrogen-bond acceptors (Lipinski definition) is 6. The Balaban J connectivity index is 4.52. The van der Waals surface area contributed by atoms with Gasteiger partial charge in [0.15, 0.2) is 6.10 Å². The molecule has 0 aliphatic heterocycles. The Hall–Kier alpha value is -4.19. The first kappa shape index (κ1) is 57.8. The summed E-state index contributed by atoms with van der Waals surface area (Å²) in [7, 11) is 0. The van der Waals surface area contributed by atoms with Gasteiger partial charge >= 0.3 is 17.9 Å². The van der Waals surface area contributed by atoms with Crippen LogP contribution in [0.4, 0.5) is 0 Å². The molecule has 0 spiro atoms. The zero-order valence-corrected chi connectivity index (χ0v) is 39.6. The maximum absolute atomic E-state index is 12.8. The SMILES string of the molecule is CC\C=C/C=C\C=C/C=C\C=C\C=C/C=C\CCCCCC(=O)OCC(COC(=O)CCCCCC/C=C\CCCC)OC(=O)CCCCCCCC/C=C\C=C/CCCCC. The normalized spacial score (nSPS) is 13.1. The summed E-state index contributed by atoms with van der Waals surface area (Å²) >= 11 is 0. The standard InChI is InChI=1S/C56H88O6/c1-4-7-10-13-16-19-22-24-26-27-28-29-31-32-34-37-40-43-46-49-55(58)61-52-53(51-60-54(57)48-45-42-39-36-21-18-15-12-9-6-3)62-56(59)50-47-44-41-38-35-33-30-25-23-20-17-14-11-8-5-2/h7,10,13,15-20,22-29,31-32,34,53H,4-6,8-9,11-12,14,21,30,33,35-52H2,1-3H3/b10-7-,16-13-,18-15-,20-17-,22-19-,25-23-,26-24-,28-27+,31-29-,34-32-. The molecule has 0 fully saturated rings. The highest BCUT2D eigenvalue weighted by Crippen LogP contribution is 2.12. The highest BCUT2D eigenvalue weighted by Gasteiger charge is 2.19. The lowest BCUT2D eigenvalue weighted by Gasteiger charge is -2.18. The predicted molar refractivity (Wildman–Crippen MR) is 265 cm³/mol. The van der Waals surface area contributed by atoms with Crippen LogP contribution in [0.25, 0.3) is 0 Å².